The number of carboxylic acids is 2. The predicted octanol–water partition coefficient (Wildman–Crippen LogP) is 4.49. The van der Waals surface area contributed by atoms with Gasteiger partial charge in [-0.1, -0.05) is 74.5 Å². The number of hydrogen-bond donors (Lipinski definition) is 2. The Balaban J connectivity index is 2.65. The molecule has 2 unspecified atom stereocenters. The molecule has 0 amide bonds. The van der Waals surface area contributed by atoms with Crippen molar-refractivity contribution in [1.29, 1.82) is 0 Å². The average Bonchev–Trinajstić information content (AvgIpc) is 2.70. The zero-order valence-electron chi connectivity index (χ0n) is 16.2. The second-order valence-electron chi connectivity index (χ2n) is 6.98. The van der Waals surface area contributed by atoms with Crippen molar-refractivity contribution in [1.82, 2.24) is 0 Å². The Kier molecular flexibility index (Phi) is 7.10. The van der Waals surface area contributed by atoms with Gasteiger partial charge >= 0.3 is 11.9 Å². The van der Waals surface area contributed by atoms with Gasteiger partial charge in [0.05, 0.1) is 23.7 Å². The highest BCUT2D eigenvalue weighted by Gasteiger charge is 2.49. The Bertz CT molecular complexity index is 809. The summed E-state index contributed by atoms with van der Waals surface area (Å²) in [5.74, 6) is -4.36. The molecule has 0 fully saturated rings. The molecule has 2 N–H and O–H groups in total. The van der Waals surface area contributed by atoms with Crippen molar-refractivity contribution in [2.24, 2.45) is 5.41 Å². The van der Waals surface area contributed by atoms with Crippen molar-refractivity contribution in [2.45, 2.75) is 44.9 Å². The van der Waals surface area contributed by atoms with Gasteiger partial charge in [0.1, 0.15) is 5.78 Å². The molecule has 0 bridgehead atoms. The van der Waals surface area contributed by atoms with Crippen molar-refractivity contribution < 1.29 is 24.6 Å². The molecule has 5 heteroatoms. The van der Waals surface area contributed by atoms with Gasteiger partial charge in [-0.3, -0.25) is 14.4 Å². The Morgan fingerprint density at radius 1 is 0.821 bits per heavy atom. The average molecular weight is 382 g/mol. The van der Waals surface area contributed by atoms with Gasteiger partial charge in [-0.25, -0.2) is 0 Å². The molecule has 2 aromatic rings. The summed E-state index contributed by atoms with van der Waals surface area (Å²) in [5, 5.41) is 19.5. The predicted molar refractivity (Wildman–Crippen MR) is 106 cm³/mol. The third kappa shape index (κ3) is 4.30. The van der Waals surface area contributed by atoms with Crippen LogP contribution in [0.1, 0.15) is 56.1 Å². The van der Waals surface area contributed by atoms with E-state index < -0.39 is 29.2 Å². The first-order valence-corrected chi connectivity index (χ1v) is 9.46. The number of hydrogen-bond acceptors (Lipinski definition) is 3. The summed E-state index contributed by atoms with van der Waals surface area (Å²) in [6, 6.07) is 17.5. The monoisotopic (exact) mass is 382 g/mol. The molecular formula is C23H26O5. The lowest BCUT2D eigenvalue weighted by Gasteiger charge is -2.37. The molecule has 0 aromatic heterocycles. The zero-order valence-corrected chi connectivity index (χ0v) is 16.2. The minimum atomic E-state index is -1.30. The summed E-state index contributed by atoms with van der Waals surface area (Å²) in [6.45, 7) is 3.52. The molecule has 2 aromatic carbocycles. The summed E-state index contributed by atoms with van der Waals surface area (Å²) in [4.78, 5) is 37.5. The minimum absolute atomic E-state index is 0.263. The maximum atomic E-state index is 13.7. The second-order valence-corrected chi connectivity index (χ2v) is 6.98. The molecule has 0 aliphatic heterocycles. The Hall–Kier alpha value is -2.95. The fraction of sp³-hybridized carbons (Fsp3) is 0.348. The lowest BCUT2D eigenvalue weighted by Crippen LogP contribution is -2.42. The van der Waals surface area contributed by atoms with Gasteiger partial charge in [-0.2, -0.15) is 0 Å². The first kappa shape index (κ1) is 21.4. The van der Waals surface area contributed by atoms with Crippen LogP contribution in [-0.4, -0.2) is 27.9 Å². The van der Waals surface area contributed by atoms with Crippen LogP contribution in [0.5, 0.6) is 0 Å². The smallest absolute Gasteiger partial charge is 0.310 e. The maximum Gasteiger partial charge on any atom is 0.310 e. The van der Waals surface area contributed by atoms with Crippen LogP contribution in [0, 0.1) is 5.41 Å². The molecule has 0 aliphatic rings. The number of Topliss-reactive ketones (excluding diaryl/α,β-unsaturated/α-hetero) is 1. The van der Waals surface area contributed by atoms with Crippen LogP contribution in [0.3, 0.4) is 0 Å². The van der Waals surface area contributed by atoms with E-state index in [2.05, 4.69) is 0 Å². The molecule has 28 heavy (non-hydrogen) atoms. The van der Waals surface area contributed by atoms with Crippen LogP contribution in [0.4, 0.5) is 0 Å². The number of carbonyl (C=O) groups excluding carboxylic acids is 1. The van der Waals surface area contributed by atoms with Crippen LogP contribution in [0.2, 0.25) is 0 Å². The van der Waals surface area contributed by atoms with E-state index >= 15 is 0 Å². The standard InChI is InChI=1S/C23H26O5/c1-3-23(4-2,22(27)28)20(17-13-9-6-10-14-17)21(26)18(15-19(24)25)16-11-7-5-8-12-16/h5-14,18,20H,3-4,15H2,1-2H3,(H,24,25)(H,27,28). The molecule has 2 rings (SSSR count). The Morgan fingerprint density at radius 2 is 1.29 bits per heavy atom. The molecule has 5 nitrogen and oxygen atoms in total. The number of aliphatic carboxylic acids is 2. The zero-order chi connectivity index (χ0) is 20.7. The third-order valence-electron chi connectivity index (χ3n) is 5.58. The molecule has 0 heterocycles. The molecule has 0 aliphatic carbocycles. The van der Waals surface area contributed by atoms with Crippen LogP contribution < -0.4 is 0 Å². The number of ketones is 1. The fourth-order valence-corrected chi connectivity index (χ4v) is 3.93. The SMILES string of the molecule is CCC(CC)(C(=O)O)C(C(=O)C(CC(=O)O)c1ccccc1)c1ccccc1. The highest BCUT2D eigenvalue weighted by atomic mass is 16.4. The molecule has 0 radical (unpaired) electrons. The third-order valence-corrected chi connectivity index (χ3v) is 5.58. The summed E-state index contributed by atoms with van der Waals surface area (Å²) in [6.07, 6.45) is 0.146. The Labute approximate surface area is 165 Å². The minimum Gasteiger partial charge on any atom is -0.481 e. The number of carboxylic acid groups (broad SMARTS) is 2. The first-order valence-electron chi connectivity index (χ1n) is 9.46. The summed E-state index contributed by atoms with van der Waals surface area (Å²) in [5.41, 5.74) is -0.114. The number of carbonyl (C=O) groups is 3. The van der Waals surface area contributed by atoms with Crippen molar-refractivity contribution in [2.75, 3.05) is 0 Å². The van der Waals surface area contributed by atoms with E-state index in [-0.39, 0.29) is 25.0 Å². The van der Waals surface area contributed by atoms with Gasteiger partial charge in [0, 0.05) is 0 Å². The highest BCUT2D eigenvalue weighted by molar-refractivity contribution is 5.98. The van der Waals surface area contributed by atoms with Crippen LogP contribution >= 0.6 is 0 Å². The van der Waals surface area contributed by atoms with Crippen molar-refractivity contribution in [3.8, 4) is 0 Å². The van der Waals surface area contributed by atoms with E-state index in [0.717, 1.165) is 0 Å². The van der Waals surface area contributed by atoms with E-state index in [1.54, 1.807) is 74.5 Å². The quantitative estimate of drug-likeness (QED) is 0.632. The largest absolute Gasteiger partial charge is 0.481 e. The molecule has 0 saturated carbocycles. The van der Waals surface area contributed by atoms with Crippen LogP contribution in [-0.2, 0) is 14.4 Å². The van der Waals surface area contributed by atoms with E-state index in [1.807, 2.05) is 0 Å². The fourth-order valence-electron chi connectivity index (χ4n) is 3.93. The molecule has 0 spiro atoms. The van der Waals surface area contributed by atoms with E-state index in [9.17, 15) is 24.6 Å². The van der Waals surface area contributed by atoms with Gasteiger partial charge < -0.3 is 10.2 Å². The van der Waals surface area contributed by atoms with Gasteiger partial charge in [0.2, 0.25) is 0 Å². The van der Waals surface area contributed by atoms with E-state index in [1.165, 1.54) is 0 Å². The summed E-state index contributed by atoms with van der Waals surface area (Å²) in [7, 11) is 0. The van der Waals surface area contributed by atoms with Crippen molar-refractivity contribution in [3.05, 3.63) is 71.8 Å². The summed E-state index contributed by atoms with van der Waals surface area (Å²) < 4.78 is 0. The number of benzene rings is 2. The van der Waals surface area contributed by atoms with Gasteiger partial charge in [0.25, 0.3) is 0 Å². The Morgan fingerprint density at radius 3 is 1.68 bits per heavy atom. The lowest BCUT2D eigenvalue weighted by molar-refractivity contribution is -0.154. The molecular weight excluding hydrogens is 356 g/mol. The lowest BCUT2D eigenvalue weighted by atomic mass is 9.64. The van der Waals surface area contributed by atoms with E-state index in [0.29, 0.717) is 11.1 Å². The molecule has 2 atom stereocenters. The van der Waals surface area contributed by atoms with Gasteiger partial charge in [0.15, 0.2) is 0 Å². The van der Waals surface area contributed by atoms with Gasteiger partial charge in [-0.15, -0.1) is 0 Å². The van der Waals surface area contributed by atoms with Crippen molar-refractivity contribution in [3.63, 3.8) is 0 Å². The second kappa shape index (κ2) is 9.31. The van der Waals surface area contributed by atoms with Crippen molar-refractivity contribution >= 4 is 17.7 Å². The first-order chi connectivity index (χ1) is 13.4. The topological polar surface area (TPSA) is 91.7 Å². The van der Waals surface area contributed by atoms with Gasteiger partial charge in [-0.05, 0) is 24.0 Å². The maximum absolute atomic E-state index is 13.7. The molecule has 148 valence electrons. The normalized spacial score (nSPS) is 13.5. The van der Waals surface area contributed by atoms with Crippen LogP contribution in [0.25, 0.3) is 0 Å². The van der Waals surface area contributed by atoms with Crippen LogP contribution in [0.15, 0.2) is 60.7 Å². The highest BCUT2D eigenvalue weighted by Crippen LogP contribution is 2.46. The molecule has 0 saturated heterocycles. The van der Waals surface area contributed by atoms with E-state index in [4.69, 9.17) is 0 Å². The number of rotatable bonds is 10. The summed E-state index contributed by atoms with van der Waals surface area (Å²) >= 11 is 0.